The van der Waals surface area contributed by atoms with Gasteiger partial charge in [-0.1, -0.05) is 38.5 Å². The number of hydrogen-bond donors (Lipinski definition) is 0. The number of ether oxygens (including phenoxy) is 2. The van der Waals surface area contributed by atoms with Crippen LogP contribution in [-0.2, 0) is 5.41 Å². The van der Waals surface area contributed by atoms with Crippen LogP contribution in [0.5, 0.6) is 11.5 Å². The van der Waals surface area contributed by atoms with Crippen molar-refractivity contribution in [3.05, 3.63) is 58.7 Å². The first kappa shape index (κ1) is 18.8. The van der Waals surface area contributed by atoms with Gasteiger partial charge in [0.15, 0.2) is 0 Å². The molecule has 0 N–H and O–H groups in total. The van der Waals surface area contributed by atoms with Gasteiger partial charge in [-0.25, -0.2) is 0 Å². The molecule has 0 atom stereocenters. The minimum Gasteiger partial charge on any atom is -0.496 e. The van der Waals surface area contributed by atoms with Gasteiger partial charge in [0.05, 0.1) is 13.2 Å². The van der Waals surface area contributed by atoms with Crippen molar-refractivity contribution in [2.75, 3.05) is 7.11 Å². The van der Waals surface area contributed by atoms with Gasteiger partial charge in [-0.3, -0.25) is 0 Å². The van der Waals surface area contributed by atoms with Crippen molar-refractivity contribution < 1.29 is 9.47 Å². The van der Waals surface area contributed by atoms with Crippen LogP contribution in [-0.4, -0.2) is 13.2 Å². The molecule has 2 aromatic rings. The fourth-order valence-electron chi connectivity index (χ4n) is 4.18. The molecule has 3 rings (SSSR count). The number of rotatable bonds is 5. The third kappa shape index (κ3) is 3.75. The van der Waals surface area contributed by atoms with Crippen LogP contribution in [0.4, 0.5) is 0 Å². The molecule has 26 heavy (non-hydrogen) atoms. The van der Waals surface area contributed by atoms with E-state index in [1.165, 1.54) is 54.4 Å². The van der Waals surface area contributed by atoms with Gasteiger partial charge in [-0.05, 0) is 80.0 Å². The first-order chi connectivity index (χ1) is 12.4. The van der Waals surface area contributed by atoms with Gasteiger partial charge in [0.2, 0.25) is 0 Å². The fraction of sp³-hybridized carbons (Fsp3) is 0.500. The van der Waals surface area contributed by atoms with Crippen LogP contribution in [0.15, 0.2) is 36.4 Å². The smallest absolute Gasteiger partial charge is 0.122 e. The highest BCUT2D eigenvalue weighted by molar-refractivity contribution is 5.50. The monoisotopic (exact) mass is 352 g/mol. The molecule has 0 radical (unpaired) electrons. The number of methoxy groups -OCH3 is 1. The molecule has 0 spiro atoms. The first-order valence-corrected chi connectivity index (χ1v) is 9.85. The van der Waals surface area contributed by atoms with E-state index < -0.39 is 0 Å². The molecule has 0 aromatic heterocycles. The summed E-state index contributed by atoms with van der Waals surface area (Å²) in [6.45, 7) is 8.90. The predicted octanol–water partition coefficient (Wildman–Crippen LogP) is 6.35. The van der Waals surface area contributed by atoms with Crippen LogP contribution in [0.3, 0.4) is 0 Å². The lowest BCUT2D eigenvalue weighted by molar-refractivity contribution is 0.155. The normalized spacial score (nSPS) is 15.7. The van der Waals surface area contributed by atoms with E-state index in [9.17, 15) is 0 Å². The molecule has 140 valence electrons. The molecule has 0 heterocycles. The van der Waals surface area contributed by atoms with E-state index in [0.717, 1.165) is 11.5 Å². The largest absolute Gasteiger partial charge is 0.496 e. The minimum atomic E-state index is -0.0650. The molecule has 1 saturated carbocycles. The van der Waals surface area contributed by atoms with E-state index in [0.29, 0.717) is 6.10 Å². The molecular formula is C24H32O2. The summed E-state index contributed by atoms with van der Waals surface area (Å²) in [5, 5.41) is 0. The van der Waals surface area contributed by atoms with Crippen molar-refractivity contribution in [2.45, 2.75) is 71.3 Å². The lowest BCUT2D eigenvalue weighted by Crippen LogP contribution is -2.21. The van der Waals surface area contributed by atoms with Crippen molar-refractivity contribution >= 4 is 0 Å². The average molecular weight is 353 g/mol. The average Bonchev–Trinajstić information content (AvgIpc) is 2.65. The van der Waals surface area contributed by atoms with Gasteiger partial charge >= 0.3 is 0 Å². The topological polar surface area (TPSA) is 18.5 Å². The maximum Gasteiger partial charge on any atom is 0.122 e. The van der Waals surface area contributed by atoms with Crippen molar-refractivity contribution in [3.8, 4) is 11.5 Å². The van der Waals surface area contributed by atoms with Gasteiger partial charge in [-0.15, -0.1) is 0 Å². The maximum absolute atomic E-state index is 6.19. The standard InChI is InChI=1S/C24H32O2/c1-17-18(2)23(25-5)16-15-22(17)24(3,4)19-11-13-21(14-12-19)26-20-9-7-6-8-10-20/h11-16,20H,6-10H2,1-5H3. The van der Waals surface area contributed by atoms with Crippen molar-refractivity contribution in [1.82, 2.24) is 0 Å². The third-order valence-electron chi connectivity index (χ3n) is 6.06. The highest BCUT2D eigenvalue weighted by Crippen LogP contribution is 2.37. The van der Waals surface area contributed by atoms with Crippen LogP contribution >= 0.6 is 0 Å². The van der Waals surface area contributed by atoms with Crippen LogP contribution in [0.1, 0.15) is 68.2 Å². The van der Waals surface area contributed by atoms with Gasteiger partial charge in [-0.2, -0.15) is 0 Å². The van der Waals surface area contributed by atoms with Crippen LogP contribution in [0.25, 0.3) is 0 Å². The highest BCUT2D eigenvalue weighted by atomic mass is 16.5. The van der Waals surface area contributed by atoms with E-state index >= 15 is 0 Å². The van der Waals surface area contributed by atoms with E-state index in [2.05, 4.69) is 64.1 Å². The Morgan fingerprint density at radius 3 is 2.12 bits per heavy atom. The van der Waals surface area contributed by atoms with Gasteiger partial charge in [0.1, 0.15) is 11.5 Å². The third-order valence-corrected chi connectivity index (χ3v) is 6.06. The molecule has 1 aliphatic rings. The molecule has 2 aromatic carbocycles. The lowest BCUT2D eigenvalue weighted by atomic mass is 9.75. The zero-order valence-electron chi connectivity index (χ0n) is 16.9. The Bertz CT molecular complexity index is 738. The van der Waals surface area contributed by atoms with Gasteiger partial charge in [0, 0.05) is 5.41 Å². The molecule has 1 aliphatic carbocycles. The molecule has 2 nitrogen and oxygen atoms in total. The van der Waals surface area contributed by atoms with E-state index in [1.807, 2.05) is 0 Å². The summed E-state index contributed by atoms with van der Waals surface area (Å²) in [4.78, 5) is 0. The van der Waals surface area contributed by atoms with Crippen LogP contribution < -0.4 is 9.47 Å². The summed E-state index contributed by atoms with van der Waals surface area (Å²) in [6, 6.07) is 13.0. The van der Waals surface area contributed by atoms with E-state index in [4.69, 9.17) is 9.47 Å². The zero-order chi connectivity index (χ0) is 18.7. The highest BCUT2D eigenvalue weighted by Gasteiger charge is 2.26. The van der Waals surface area contributed by atoms with Crippen LogP contribution in [0, 0.1) is 13.8 Å². The summed E-state index contributed by atoms with van der Waals surface area (Å²) in [5.41, 5.74) is 5.11. The molecule has 0 unspecified atom stereocenters. The molecule has 2 heteroatoms. The zero-order valence-corrected chi connectivity index (χ0v) is 16.9. The Labute approximate surface area is 158 Å². The molecule has 0 aliphatic heterocycles. The van der Waals surface area contributed by atoms with E-state index in [1.54, 1.807) is 7.11 Å². The minimum absolute atomic E-state index is 0.0650. The molecule has 0 bridgehead atoms. The first-order valence-electron chi connectivity index (χ1n) is 9.85. The summed E-state index contributed by atoms with van der Waals surface area (Å²) < 4.78 is 11.7. The number of hydrogen-bond acceptors (Lipinski definition) is 2. The van der Waals surface area contributed by atoms with Gasteiger partial charge in [0.25, 0.3) is 0 Å². The molecular weight excluding hydrogens is 320 g/mol. The summed E-state index contributed by atoms with van der Waals surface area (Å²) >= 11 is 0. The second-order valence-corrected chi connectivity index (χ2v) is 8.09. The summed E-state index contributed by atoms with van der Waals surface area (Å²) in [7, 11) is 1.73. The fourth-order valence-corrected chi connectivity index (χ4v) is 4.18. The van der Waals surface area contributed by atoms with Crippen molar-refractivity contribution in [1.29, 1.82) is 0 Å². The quantitative estimate of drug-likeness (QED) is 0.624. The Kier molecular flexibility index (Phi) is 5.60. The molecule has 0 saturated heterocycles. The second kappa shape index (κ2) is 7.73. The van der Waals surface area contributed by atoms with Gasteiger partial charge < -0.3 is 9.47 Å². The second-order valence-electron chi connectivity index (χ2n) is 8.09. The Hall–Kier alpha value is -1.96. The van der Waals surface area contributed by atoms with Crippen molar-refractivity contribution in [3.63, 3.8) is 0 Å². The maximum atomic E-state index is 6.19. The predicted molar refractivity (Wildman–Crippen MR) is 109 cm³/mol. The van der Waals surface area contributed by atoms with Crippen LogP contribution in [0.2, 0.25) is 0 Å². The number of benzene rings is 2. The SMILES string of the molecule is COc1ccc(C(C)(C)c2ccc(OC3CCCCC3)cc2)c(C)c1C. The van der Waals surface area contributed by atoms with E-state index in [-0.39, 0.29) is 5.41 Å². The summed E-state index contributed by atoms with van der Waals surface area (Å²) in [5.74, 6) is 1.96. The molecule has 0 amide bonds. The summed E-state index contributed by atoms with van der Waals surface area (Å²) in [6.07, 6.45) is 6.73. The van der Waals surface area contributed by atoms with Crippen molar-refractivity contribution in [2.24, 2.45) is 0 Å². The Morgan fingerprint density at radius 1 is 0.846 bits per heavy atom. The Morgan fingerprint density at radius 2 is 1.50 bits per heavy atom. The lowest BCUT2D eigenvalue weighted by Gasteiger charge is -2.29. The Balaban J connectivity index is 1.82. The molecule has 1 fully saturated rings.